The van der Waals surface area contributed by atoms with Crippen molar-refractivity contribution in [1.82, 2.24) is 0 Å². The third kappa shape index (κ3) is 2.06. The van der Waals surface area contributed by atoms with E-state index in [9.17, 15) is 4.79 Å². The van der Waals surface area contributed by atoms with Gasteiger partial charge in [0.05, 0.1) is 0 Å². The SMILES string of the molecule is CC1CCCC1C(=O)Cc1ccsc1. The lowest BCUT2D eigenvalue weighted by Crippen LogP contribution is -2.18. The smallest absolute Gasteiger partial charge is 0.140 e. The molecule has 1 fully saturated rings. The van der Waals surface area contributed by atoms with Crippen LogP contribution in [0.4, 0.5) is 0 Å². The summed E-state index contributed by atoms with van der Waals surface area (Å²) in [6.07, 6.45) is 4.24. The summed E-state index contributed by atoms with van der Waals surface area (Å²) < 4.78 is 0. The van der Waals surface area contributed by atoms with Crippen LogP contribution in [-0.4, -0.2) is 5.78 Å². The van der Waals surface area contributed by atoms with Crippen molar-refractivity contribution in [3.8, 4) is 0 Å². The van der Waals surface area contributed by atoms with Crippen molar-refractivity contribution in [3.63, 3.8) is 0 Å². The summed E-state index contributed by atoms with van der Waals surface area (Å²) in [7, 11) is 0. The van der Waals surface area contributed by atoms with E-state index in [1.54, 1.807) is 11.3 Å². The molecule has 1 aromatic rings. The third-order valence-corrected chi connectivity index (χ3v) is 3.97. The molecule has 0 amide bonds. The van der Waals surface area contributed by atoms with Crippen LogP contribution in [0.3, 0.4) is 0 Å². The quantitative estimate of drug-likeness (QED) is 0.745. The normalized spacial score (nSPS) is 26.6. The standard InChI is InChI=1S/C12H16OS/c1-9-3-2-4-11(9)12(13)7-10-5-6-14-8-10/h5-6,8-9,11H,2-4,7H2,1H3. The number of ketones is 1. The molecule has 14 heavy (non-hydrogen) atoms. The fraction of sp³-hybridized carbons (Fsp3) is 0.583. The predicted octanol–water partition coefficient (Wildman–Crippen LogP) is 3.30. The fourth-order valence-corrected chi connectivity index (χ4v) is 3.02. The second-order valence-corrected chi connectivity index (χ2v) is 5.07. The Morgan fingerprint density at radius 3 is 3.00 bits per heavy atom. The Morgan fingerprint density at radius 1 is 1.57 bits per heavy atom. The first-order valence-electron chi connectivity index (χ1n) is 5.31. The molecule has 0 N–H and O–H groups in total. The molecule has 76 valence electrons. The maximum atomic E-state index is 11.9. The maximum absolute atomic E-state index is 11.9. The lowest BCUT2D eigenvalue weighted by molar-refractivity contribution is -0.123. The van der Waals surface area contributed by atoms with Crippen LogP contribution in [-0.2, 0) is 11.2 Å². The van der Waals surface area contributed by atoms with E-state index < -0.39 is 0 Å². The second-order valence-electron chi connectivity index (χ2n) is 4.29. The molecule has 0 spiro atoms. The van der Waals surface area contributed by atoms with E-state index in [0.29, 0.717) is 24.0 Å². The fourth-order valence-electron chi connectivity index (χ4n) is 2.35. The first-order valence-corrected chi connectivity index (χ1v) is 6.25. The molecule has 0 saturated heterocycles. The Morgan fingerprint density at radius 2 is 2.43 bits per heavy atom. The van der Waals surface area contributed by atoms with Gasteiger partial charge < -0.3 is 0 Å². The highest BCUT2D eigenvalue weighted by Crippen LogP contribution is 2.32. The number of thiophene rings is 1. The van der Waals surface area contributed by atoms with Crippen LogP contribution >= 0.6 is 11.3 Å². The molecular weight excluding hydrogens is 192 g/mol. The van der Waals surface area contributed by atoms with Crippen LogP contribution < -0.4 is 0 Å². The molecule has 2 atom stereocenters. The van der Waals surface area contributed by atoms with E-state index >= 15 is 0 Å². The number of hydrogen-bond donors (Lipinski definition) is 0. The van der Waals surface area contributed by atoms with Crippen molar-refractivity contribution in [1.29, 1.82) is 0 Å². The number of hydrogen-bond acceptors (Lipinski definition) is 2. The van der Waals surface area contributed by atoms with Crippen LogP contribution in [0.2, 0.25) is 0 Å². The third-order valence-electron chi connectivity index (χ3n) is 3.23. The molecule has 0 aliphatic heterocycles. The van der Waals surface area contributed by atoms with Gasteiger partial charge in [0.1, 0.15) is 5.78 Å². The van der Waals surface area contributed by atoms with Crippen molar-refractivity contribution in [2.75, 3.05) is 0 Å². The highest BCUT2D eigenvalue weighted by Gasteiger charge is 2.29. The molecule has 0 radical (unpaired) electrons. The van der Waals surface area contributed by atoms with Gasteiger partial charge >= 0.3 is 0 Å². The number of carbonyl (C=O) groups is 1. The van der Waals surface area contributed by atoms with Gasteiger partial charge in [-0.25, -0.2) is 0 Å². The van der Waals surface area contributed by atoms with Gasteiger partial charge in [-0.3, -0.25) is 4.79 Å². The van der Waals surface area contributed by atoms with Gasteiger partial charge in [-0.05, 0) is 41.1 Å². The van der Waals surface area contributed by atoms with Crippen molar-refractivity contribution < 1.29 is 4.79 Å². The largest absolute Gasteiger partial charge is 0.299 e. The van der Waals surface area contributed by atoms with E-state index in [2.05, 4.69) is 18.4 Å². The highest BCUT2D eigenvalue weighted by atomic mass is 32.1. The lowest BCUT2D eigenvalue weighted by Gasteiger charge is -2.12. The molecule has 1 nitrogen and oxygen atoms in total. The summed E-state index contributed by atoms with van der Waals surface area (Å²) in [6, 6.07) is 2.06. The molecular formula is C12H16OS. The Balaban J connectivity index is 1.95. The van der Waals surface area contributed by atoms with E-state index in [0.717, 1.165) is 6.42 Å². The molecule has 1 aliphatic carbocycles. The first-order chi connectivity index (χ1) is 6.77. The summed E-state index contributed by atoms with van der Waals surface area (Å²) in [5.74, 6) is 1.41. The topological polar surface area (TPSA) is 17.1 Å². The average Bonchev–Trinajstić information content (AvgIpc) is 2.75. The predicted molar refractivity (Wildman–Crippen MR) is 59.5 cm³/mol. The maximum Gasteiger partial charge on any atom is 0.140 e. The summed E-state index contributed by atoms with van der Waals surface area (Å²) in [5, 5.41) is 4.12. The molecule has 1 aromatic heterocycles. The Labute approximate surface area is 89.1 Å². The van der Waals surface area contributed by atoms with Gasteiger partial charge in [0.15, 0.2) is 0 Å². The molecule has 1 saturated carbocycles. The minimum absolute atomic E-state index is 0.342. The van der Waals surface area contributed by atoms with Crippen LogP contribution in [0.25, 0.3) is 0 Å². The van der Waals surface area contributed by atoms with E-state index in [1.807, 2.05) is 5.38 Å². The minimum atomic E-state index is 0.342. The zero-order valence-corrected chi connectivity index (χ0v) is 9.35. The van der Waals surface area contributed by atoms with Crippen molar-refractivity contribution in [2.45, 2.75) is 32.6 Å². The molecule has 0 aromatic carbocycles. The molecule has 2 rings (SSSR count). The van der Waals surface area contributed by atoms with Crippen LogP contribution in [0.5, 0.6) is 0 Å². The molecule has 1 aliphatic rings. The molecule has 0 bridgehead atoms. The van der Waals surface area contributed by atoms with Gasteiger partial charge in [-0.2, -0.15) is 11.3 Å². The Hall–Kier alpha value is -0.630. The second kappa shape index (κ2) is 4.26. The number of rotatable bonds is 3. The monoisotopic (exact) mass is 208 g/mol. The van der Waals surface area contributed by atoms with E-state index in [-0.39, 0.29) is 0 Å². The zero-order chi connectivity index (χ0) is 9.97. The van der Waals surface area contributed by atoms with Crippen LogP contribution in [0, 0.1) is 11.8 Å². The Kier molecular flexibility index (Phi) is 3.02. The van der Waals surface area contributed by atoms with Gasteiger partial charge in [0.2, 0.25) is 0 Å². The highest BCUT2D eigenvalue weighted by molar-refractivity contribution is 7.07. The van der Waals surface area contributed by atoms with Crippen molar-refractivity contribution >= 4 is 17.1 Å². The molecule has 2 heteroatoms. The van der Waals surface area contributed by atoms with Crippen molar-refractivity contribution in [3.05, 3.63) is 22.4 Å². The number of Topliss-reactive ketones (excluding diaryl/α,β-unsaturated/α-hetero) is 1. The van der Waals surface area contributed by atoms with Crippen molar-refractivity contribution in [2.24, 2.45) is 11.8 Å². The Bertz CT molecular complexity index is 302. The van der Waals surface area contributed by atoms with Crippen LogP contribution in [0.15, 0.2) is 16.8 Å². The molecule has 2 unspecified atom stereocenters. The van der Waals surface area contributed by atoms with Gasteiger partial charge in [0, 0.05) is 12.3 Å². The average molecular weight is 208 g/mol. The van der Waals surface area contributed by atoms with Gasteiger partial charge in [0.25, 0.3) is 0 Å². The van der Waals surface area contributed by atoms with E-state index in [4.69, 9.17) is 0 Å². The lowest BCUT2D eigenvalue weighted by atomic mass is 9.91. The zero-order valence-electron chi connectivity index (χ0n) is 8.53. The summed E-state index contributed by atoms with van der Waals surface area (Å²) >= 11 is 1.67. The summed E-state index contributed by atoms with van der Waals surface area (Å²) in [4.78, 5) is 11.9. The van der Waals surface area contributed by atoms with Crippen LogP contribution in [0.1, 0.15) is 31.7 Å². The van der Waals surface area contributed by atoms with Gasteiger partial charge in [-0.15, -0.1) is 0 Å². The summed E-state index contributed by atoms with van der Waals surface area (Å²) in [6.45, 7) is 2.21. The molecule has 1 heterocycles. The minimum Gasteiger partial charge on any atom is -0.299 e. The van der Waals surface area contributed by atoms with Gasteiger partial charge in [-0.1, -0.05) is 13.3 Å². The first kappa shape index (κ1) is 9.91. The number of carbonyl (C=O) groups excluding carboxylic acids is 1. The summed E-state index contributed by atoms with van der Waals surface area (Å²) in [5.41, 5.74) is 1.19. The van der Waals surface area contributed by atoms with E-state index in [1.165, 1.54) is 18.4 Å².